The molecule has 0 unspecified atom stereocenters. The van der Waals surface area contributed by atoms with Crippen LogP contribution in [0.5, 0.6) is 5.75 Å². The molecule has 1 aliphatic rings. The lowest BCUT2D eigenvalue weighted by Gasteiger charge is -2.18. The number of nitrogens with zero attached hydrogens (tertiary/aromatic N) is 3. The number of pyridine rings is 1. The third-order valence-electron chi connectivity index (χ3n) is 4.86. The van der Waals surface area contributed by atoms with E-state index in [-0.39, 0.29) is 0 Å². The van der Waals surface area contributed by atoms with Gasteiger partial charge in [0.15, 0.2) is 0 Å². The van der Waals surface area contributed by atoms with Gasteiger partial charge in [-0.1, -0.05) is 6.07 Å². The summed E-state index contributed by atoms with van der Waals surface area (Å²) >= 11 is 0. The number of fused-ring (bicyclic) bond motifs is 4. The average Bonchev–Trinajstić information content (AvgIpc) is 3.12. The minimum atomic E-state index is 0.826. The molecule has 0 spiro atoms. The van der Waals surface area contributed by atoms with E-state index >= 15 is 0 Å². The summed E-state index contributed by atoms with van der Waals surface area (Å²) in [7, 11) is 1.68. The lowest BCUT2D eigenvalue weighted by Crippen LogP contribution is -2.12. The molecule has 0 saturated heterocycles. The summed E-state index contributed by atoms with van der Waals surface area (Å²) in [6.45, 7) is 1.03. The van der Waals surface area contributed by atoms with Crippen LogP contribution in [0.4, 0.5) is 5.69 Å². The fraction of sp³-hybridized carbons (Fsp3) is 0.200. The number of rotatable bonds is 2. The van der Waals surface area contributed by atoms with Crippen molar-refractivity contribution in [1.82, 2.24) is 14.8 Å². The van der Waals surface area contributed by atoms with Crippen molar-refractivity contribution in [3.8, 4) is 11.4 Å². The molecule has 5 nitrogen and oxygen atoms in total. The molecule has 3 heterocycles. The summed E-state index contributed by atoms with van der Waals surface area (Å²) < 4.78 is 7.29. The highest BCUT2D eigenvalue weighted by Gasteiger charge is 2.12. The lowest BCUT2D eigenvalue weighted by molar-refractivity contribution is 0.415. The first kappa shape index (κ1) is 14.3. The molecular weight excluding hydrogens is 312 g/mol. The summed E-state index contributed by atoms with van der Waals surface area (Å²) in [5.41, 5.74) is 5.48. The zero-order chi connectivity index (χ0) is 16.8. The van der Waals surface area contributed by atoms with Gasteiger partial charge in [-0.15, -0.1) is 0 Å². The van der Waals surface area contributed by atoms with Gasteiger partial charge in [-0.05, 0) is 48.7 Å². The maximum Gasteiger partial charge on any atom is 0.119 e. The maximum absolute atomic E-state index is 5.36. The van der Waals surface area contributed by atoms with Gasteiger partial charge in [0, 0.05) is 29.2 Å². The summed E-state index contributed by atoms with van der Waals surface area (Å²) in [4.78, 5) is 4.52. The highest BCUT2D eigenvalue weighted by atomic mass is 16.5. The molecule has 0 amide bonds. The number of aromatic nitrogens is 3. The molecule has 0 atom stereocenters. The van der Waals surface area contributed by atoms with Crippen LogP contribution in [0.2, 0.25) is 0 Å². The molecule has 1 aliphatic heterocycles. The van der Waals surface area contributed by atoms with E-state index in [1.165, 1.54) is 17.7 Å². The first-order valence-corrected chi connectivity index (χ1v) is 8.51. The number of methoxy groups -OCH3 is 1. The Morgan fingerprint density at radius 3 is 2.96 bits per heavy atom. The van der Waals surface area contributed by atoms with Crippen LogP contribution in [0, 0.1) is 0 Å². The number of hydrogen-bond donors (Lipinski definition) is 1. The van der Waals surface area contributed by atoms with E-state index in [0.29, 0.717) is 0 Å². The minimum absolute atomic E-state index is 0.826. The topological polar surface area (TPSA) is 52.0 Å². The summed E-state index contributed by atoms with van der Waals surface area (Å²) in [6, 6.07) is 12.4. The van der Waals surface area contributed by atoms with Gasteiger partial charge >= 0.3 is 0 Å². The molecule has 0 aliphatic carbocycles. The summed E-state index contributed by atoms with van der Waals surface area (Å²) in [5, 5.41) is 10.3. The number of anilines is 1. The van der Waals surface area contributed by atoms with Gasteiger partial charge in [-0.25, -0.2) is 4.68 Å². The van der Waals surface area contributed by atoms with Crippen molar-refractivity contribution < 1.29 is 4.74 Å². The summed E-state index contributed by atoms with van der Waals surface area (Å²) in [6.07, 6.45) is 6.23. The van der Waals surface area contributed by atoms with Gasteiger partial charge in [0.2, 0.25) is 0 Å². The van der Waals surface area contributed by atoms with Gasteiger partial charge in [-0.2, -0.15) is 5.10 Å². The lowest BCUT2D eigenvalue weighted by atomic mass is 10.0. The van der Waals surface area contributed by atoms with Gasteiger partial charge in [-0.3, -0.25) is 4.98 Å². The number of aryl methyl sites for hydroxylation is 1. The quantitative estimate of drug-likeness (QED) is 0.605. The first-order chi connectivity index (χ1) is 12.3. The fourth-order valence-electron chi connectivity index (χ4n) is 3.51. The van der Waals surface area contributed by atoms with Crippen LogP contribution in [-0.2, 0) is 6.42 Å². The normalized spacial score (nSPS) is 13.6. The zero-order valence-electron chi connectivity index (χ0n) is 14.0. The maximum atomic E-state index is 5.36. The van der Waals surface area contributed by atoms with Crippen molar-refractivity contribution in [2.75, 3.05) is 19.0 Å². The Morgan fingerprint density at radius 1 is 1.08 bits per heavy atom. The van der Waals surface area contributed by atoms with Gasteiger partial charge in [0.1, 0.15) is 11.3 Å². The van der Waals surface area contributed by atoms with Crippen LogP contribution in [0.1, 0.15) is 12.0 Å². The SMILES string of the molecule is COc1ccc2ncc3nn(-c4ccc5c(c4)NCCC5)cc3c2c1. The highest BCUT2D eigenvalue weighted by molar-refractivity contribution is 6.04. The largest absolute Gasteiger partial charge is 0.497 e. The molecule has 0 saturated carbocycles. The van der Waals surface area contributed by atoms with Crippen LogP contribution < -0.4 is 10.1 Å². The fourth-order valence-corrected chi connectivity index (χ4v) is 3.51. The molecule has 0 bridgehead atoms. The smallest absolute Gasteiger partial charge is 0.119 e. The Balaban J connectivity index is 1.68. The minimum Gasteiger partial charge on any atom is -0.497 e. The van der Waals surface area contributed by atoms with Crippen LogP contribution in [0.3, 0.4) is 0 Å². The second-order valence-corrected chi connectivity index (χ2v) is 6.39. The molecule has 2 aromatic heterocycles. The van der Waals surface area contributed by atoms with Crippen LogP contribution in [0.15, 0.2) is 48.8 Å². The van der Waals surface area contributed by atoms with Gasteiger partial charge in [0.05, 0.1) is 24.5 Å². The van der Waals surface area contributed by atoms with Gasteiger partial charge < -0.3 is 10.1 Å². The number of benzene rings is 2. The molecular formula is C20H18N4O. The van der Waals surface area contributed by atoms with Crippen molar-refractivity contribution in [2.45, 2.75) is 12.8 Å². The predicted molar refractivity (Wildman–Crippen MR) is 99.7 cm³/mol. The van der Waals surface area contributed by atoms with Crippen LogP contribution >= 0.6 is 0 Å². The summed E-state index contributed by atoms with van der Waals surface area (Å²) in [5.74, 6) is 0.826. The van der Waals surface area contributed by atoms with Crippen molar-refractivity contribution in [3.05, 3.63) is 54.4 Å². The molecule has 4 aromatic rings. The molecule has 2 aromatic carbocycles. The van der Waals surface area contributed by atoms with Crippen molar-refractivity contribution in [2.24, 2.45) is 0 Å². The zero-order valence-corrected chi connectivity index (χ0v) is 14.0. The number of ether oxygens (including phenoxy) is 1. The predicted octanol–water partition coefficient (Wildman–Crippen LogP) is 3.94. The second kappa shape index (κ2) is 5.48. The molecule has 1 N–H and O–H groups in total. The van der Waals surface area contributed by atoms with E-state index in [4.69, 9.17) is 9.84 Å². The van der Waals surface area contributed by atoms with Crippen molar-refractivity contribution in [1.29, 1.82) is 0 Å². The molecule has 0 fully saturated rings. The first-order valence-electron chi connectivity index (χ1n) is 8.51. The van der Waals surface area contributed by atoms with Crippen LogP contribution in [0.25, 0.3) is 27.5 Å². The van der Waals surface area contributed by atoms with Gasteiger partial charge in [0.25, 0.3) is 0 Å². The molecule has 5 heteroatoms. The van der Waals surface area contributed by atoms with E-state index in [9.17, 15) is 0 Å². The standard InChI is InChI=1S/C20H18N4O/c1-25-15-6-7-18-16(10-15)17-12-24(23-20(17)11-22-18)14-5-4-13-3-2-8-21-19(13)9-14/h4-7,9-12,21H,2-3,8H2,1H3. The molecule has 0 radical (unpaired) electrons. The monoisotopic (exact) mass is 330 g/mol. The van der Waals surface area contributed by atoms with E-state index in [0.717, 1.165) is 46.2 Å². The van der Waals surface area contributed by atoms with E-state index in [1.54, 1.807) is 7.11 Å². The molecule has 5 rings (SSSR count). The third-order valence-corrected chi connectivity index (χ3v) is 4.86. The van der Waals surface area contributed by atoms with Crippen molar-refractivity contribution in [3.63, 3.8) is 0 Å². The molecule has 124 valence electrons. The second-order valence-electron chi connectivity index (χ2n) is 6.39. The number of hydrogen-bond acceptors (Lipinski definition) is 4. The van der Waals surface area contributed by atoms with E-state index in [1.807, 2.05) is 29.1 Å². The van der Waals surface area contributed by atoms with Crippen LogP contribution in [-0.4, -0.2) is 28.4 Å². The van der Waals surface area contributed by atoms with Crippen molar-refractivity contribution >= 4 is 27.5 Å². The molecule has 25 heavy (non-hydrogen) atoms. The highest BCUT2D eigenvalue weighted by Crippen LogP contribution is 2.29. The Kier molecular flexibility index (Phi) is 3.13. The Hall–Kier alpha value is -3.08. The number of nitrogens with one attached hydrogen (secondary N) is 1. The Morgan fingerprint density at radius 2 is 2.04 bits per heavy atom. The van der Waals surface area contributed by atoms with E-state index in [2.05, 4.69) is 34.7 Å². The van der Waals surface area contributed by atoms with E-state index < -0.39 is 0 Å². The Bertz CT molecular complexity index is 1100. The average molecular weight is 330 g/mol. The third kappa shape index (κ3) is 2.31. The Labute approximate surface area is 145 Å².